The zero-order valence-corrected chi connectivity index (χ0v) is 12.4. The summed E-state index contributed by atoms with van der Waals surface area (Å²) in [4.78, 5) is 0. The Kier molecular flexibility index (Phi) is 4.51. The second-order valence-electron chi connectivity index (χ2n) is 4.42. The van der Waals surface area contributed by atoms with Gasteiger partial charge in [-0.1, -0.05) is 31.2 Å². The van der Waals surface area contributed by atoms with E-state index in [0.29, 0.717) is 17.2 Å². The van der Waals surface area contributed by atoms with Crippen molar-refractivity contribution in [2.45, 2.75) is 13.3 Å². The van der Waals surface area contributed by atoms with Gasteiger partial charge in [-0.05, 0) is 35.2 Å². The SMILES string of the molecule is CCc1ccccc1-c1cc(OC)c(OC)c(OC)c1. The quantitative estimate of drug-likeness (QED) is 0.825. The van der Waals surface area contributed by atoms with Crippen LogP contribution in [0.2, 0.25) is 0 Å². The van der Waals surface area contributed by atoms with Crippen LogP contribution in [0.1, 0.15) is 12.5 Å². The molecular formula is C17H20O3. The van der Waals surface area contributed by atoms with Crippen LogP contribution in [0.3, 0.4) is 0 Å². The van der Waals surface area contributed by atoms with Gasteiger partial charge in [0, 0.05) is 0 Å². The summed E-state index contributed by atoms with van der Waals surface area (Å²) in [6.07, 6.45) is 0.979. The highest BCUT2D eigenvalue weighted by Gasteiger charge is 2.15. The van der Waals surface area contributed by atoms with Crippen LogP contribution < -0.4 is 14.2 Å². The number of hydrogen-bond donors (Lipinski definition) is 0. The summed E-state index contributed by atoms with van der Waals surface area (Å²) in [5.74, 6) is 1.97. The van der Waals surface area contributed by atoms with Crippen molar-refractivity contribution in [1.82, 2.24) is 0 Å². The van der Waals surface area contributed by atoms with Crippen molar-refractivity contribution >= 4 is 0 Å². The van der Waals surface area contributed by atoms with E-state index in [1.807, 2.05) is 18.2 Å². The minimum absolute atomic E-state index is 0.618. The first-order valence-electron chi connectivity index (χ1n) is 6.63. The predicted octanol–water partition coefficient (Wildman–Crippen LogP) is 3.94. The van der Waals surface area contributed by atoms with Crippen LogP contribution in [0.5, 0.6) is 17.2 Å². The van der Waals surface area contributed by atoms with Gasteiger partial charge in [0.25, 0.3) is 0 Å². The van der Waals surface area contributed by atoms with Gasteiger partial charge in [-0.3, -0.25) is 0 Å². The first-order valence-corrected chi connectivity index (χ1v) is 6.63. The molecule has 2 aromatic rings. The zero-order valence-electron chi connectivity index (χ0n) is 12.4. The number of methoxy groups -OCH3 is 3. The number of rotatable bonds is 5. The monoisotopic (exact) mass is 272 g/mol. The number of ether oxygens (including phenoxy) is 3. The van der Waals surface area contributed by atoms with Crippen molar-refractivity contribution in [1.29, 1.82) is 0 Å². The van der Waals surface area contributed by atoms with Crippen LogP contribution in [0.15, 0.2) is 36.4 Å². The second kappa shape index (κ2) is 6.33. The summed E-state index contributed by atoms with van der Waals surface area (Å²) in [6, 6.07) is 12.3. The van der Waals surface area contributed by atoms with Gasteiger partial charge in [0.05, 0.1) is 21.3 Å². The summed E-state index contributed by atoms with van der Waals surface area (Å²) in [7, 11) is 4.87. The van der Waals surface area contributed by atoms with Crippen molar-refractivity contribution in [3.05, 3.63) is 42.0 Å². The fourth-order valence-corrected chi connectivity index (χ4v) is 2.35. The Bertz CT molecular complexity index is 566. The highest BCUT2D eigenvalue weighted by molar-refractivity contribution is 5.73. The maximum Gasteiger partial charge on any atom is 0.203 e. The van der Waals surface area contributed by atoms with Gasteiger partial charge >= 0.3 is 0 Å². The topological polar surface area (TPSA) is 27.7 Å². The minimum atomic E-state index is 0.618. The zero-order chi connectivity index (χ0) is 14.5. The first-order chi connectivity index (χ1) is 9.74. The van der Waals surface area contributed by atoms with Crippen LogP contribution in [0.25, 0.3) is 11.1 Å². The molecule has 0 atom stereocenters. The molecule has 0 radical (unpaired) electrons. The van der Waals surface area contributed by atoms with Crippen LogP contribution in [-0.4, -0.2) is 21.3 Å². The molecule has 3 nitrogen and oxygen atoms in total. The van der Waals surface area contributed by atoms with Crippen molar-refractivity contribution in [3.8, 4) is 28.4 Å². The highest BCUT2D eigenvalue weighted by Crippen LogP contribution is 2.41. The van der Waals surface area contributed by atoms with Crippen LogP contribution in [-0.2, 0) is 6.42 Å². The average molecular weight is 272 g/mol. The van der Waals surface area contributed by atoms with Crippen molar-refractivity contribution in [2.24, 2.45) is 0 Å². The third-order valence-corrected chi connectivity index (χ3v) is 3.37. The van der Waals surface area contributed by atoms with Gasteiger partial charge in [0.2, 0.25) is 5.75 Å². The fraction of sp³-hybridized carbons (Fsp3) is 0.294. The summed E-state index contributed by atoms with van der Waals surface area (Å²) < 4.78 is 16.2. The number of aryl methyl sites for hydroxylation is 1. The molecule has 0 N–H and O–H groups in total. The lowest BCUT2D eigenvalue weighted by Crippen LogP contribution is -1.96. The van der Waals surface area contributed by atoms with Gasteiger partial charge in [-0.25, -0.2) is 0 Å². The first kappa shape index (κ1) is 14.3. The molecule has 0 amide bonds. The molecule has 0 fully saturated rings. The average Bonchev–Trinajstić information content (AvgIpc) is 2.53. The van der Waals surface area contributed by atoms with Crippen LogP contribution >= 0.6 is 0 Å². The summed E-state index contributed by atoms with van der Waals surface area (Å²) in [5, 5.41) is 0. The lowest BCUT2D eigenvalue weighted by atomic mass is 9.97. The minimum Gasteiger partial charge on any atom is -0.493 e. The van der Waals surface area contributed by atoms with E-state index in [2.05, 4.69) is 25.1 Å². The third kappa shape index (κ3) is 2.57. The van der Waals surface area contributed by atoms with E-state index < -0.39 is 0 Å². The number of hydrogen-bond acceptors (Lipinski definition) is 3. The standard InChI is InChI=1S/C17H20O3/c1-5-12-8-6-7-9-14(12)13-10-15(18-2)17(20-4)16(11-13)19-3/h6-11H,5H2,1-4H3. The lowest BCUT2D eigenvalue weighted by molar-refractivity contribution is 0.324. The number of benzene rings is 2. The van der Waals surface area contributed by atoms with E-state index in [1.54, 1.807) is 21.3 Å². The van der Waals surface area contributed by atoms with E-state index in [-0.39, 0.29) is 0 Å². The summed E-state index contributed by atoms with van der Waals surface area (Å²) in [6.45, 7) is 2.15. The molecule has 20 heavy (non-hydrogen) atoms. The van der Waals surface area contributed by atoms with Gasteiger partial charge in [0.1, 0.15) is 0 Å². The molecule has 2 rings (SSSR count). The molecule has 0 aliphatic heterocycles. The molecule has 3 heteroatoms. The Labute approximate surface area is 120 Å². The van der Waals surface area contributed by atoms with E-state index in [0.717, 1.165) is 12.0 Å². The Morgan fingerprint density at radius 1 is 0.850 bits per heavy atom. The highest BCUT2D eigenvalue weighted by atomic mass is 16.5. The lowest BCUT2D eigenvalue weighted by Gasteiger charge is -2.15. The largest absolute Gasteiger partial charge is 0.493 e. The molecule has 0 heterocycles. The Morgan fingerprint density at radius 3 is 1.95 bits per heavy atom. The fourth-order valence-electron chi connectivity index (χ4n) is 2.35. The molecule has 0 bridgehead atoms. The van der Waals surface area contributed by atoms with Gasteiger partial charge in [-0.2, -0.15) is 0 Å². The van der Waals surface area contributed by atoms with Crippen molar-refractivity contribution in [2.75, 3.05) is 21.3 Å². The summed E-state index contributed by atoms with van der Waals surface area (Å²) >= 11 is 0. The normalized spacial score (nSPS) is 10.2. The summed E-state index contributed by atoms with van der Waals surface area (Å²) in [5.41, 5.74) is 3.55. The molecule has 0 spiro atoms. The predicted molar refractivity (Wildman–Crippen MR) is 80.9 cm³/mol. The third-order valence-electron chi connectivity index (χ3n) is 3.37. The smallest absolute Gasteiger partial charge is 0.203 e. The van der Waals surface area contributed by atoms with E-state index in [1.165, 1.54) is 11.1 Å². The molecule has 106 valence electrons. The molecule has 0 aromatic heterocycles. The van der Waals surface area contributed by atoms with Gasteiger partial charge in [0.15, 0.2) is 11.5 Å². The van der Waals surface area contributed by atoms with Gasteiger partial charge < -0.3 is 14.2 Å². The maximum atomic E-state index is 5.41. The van der Waals surface area contributed by atoms with Crippen molar-refractivity contribution in [3.63, 3.8) is 0 Å². The van der Waals surface area contributed by atoms with E-state index in [4.69, 9.17) is 14.2 Å². The molecule has 0 aliphatic carbocycles. The second-order valence-corrected chi connectivity index (χ2v) is 4.42. The van der Waals surface area contributed by atoms with Crippen molar-refractivity contribution < 1.29 is 14.2 Å². The Balaban J connectivity index is 2.63. The Hall–Kier alpha value is -2.16. The molecular weight excluding hydrogens is 252 g/mol. The van der Waals surface area contributed by atoms with Gasteiger partial charge in [-0.15, -0.1) is 0 Å². The molecule has 0 aliphatic rings. The molecule has 0 saturated heterocycles. The molecule has 0 saturated carbocycles. The van der Waals surface area contributed by atoms with Crippen LogP contribution in [0.4, 0.5) is 0 Å². The molecule has 2 aromatic carbocycles. The molecule has 0 unspecified atom stereocenters. The van der Waals surface area contributed by atoms with E-state index >= 15 is 0 Å². The van der Waals surface area contributed by atoms with Crippen LogP contribution in [0, 0.1) is 0 Å². The van der Waals surface area contributed by atoms with E-state index in [9.17, 15) is 0 Å². The Morgan fingerprint density at radius 2 is 1.45 bits per heavy atom. The maximum absolute atomic E-state index is 5.41.